The second-order valence-electron chi connectivity index (χ2n) is 9.40. The highest BCUT2D eigenvalue weighted by Crippen LogP contribution is 2.44. The van der Waals surface area contributed by atoms with Crippen molar-refractivity contribution in [3.63, 3.8) is 0 Å². The molecular formula is C32H29NO3. The fourth-order valence-electron chi connectivity index (χ4n) is 5.72. The van der Waals surface area contributed by atoms with Crippen LogP contribution in [0.1, 0.15) is 52.3 Å². The highest BCUT2D eigenvalue weighted by atomic mass is 16.5. The first-order valence-corrected chi connectivity index (χ1v) is 12.7. The van der Waals surface area contributed by atoms with Gasteiger partial charge in [-0.25, -0.2) is 4.79 Å². The molecule has 2 aliphatic carbocycles. The molecular weight excluding hydrogens is 446 g/mol. The number of carbonyl (C=O) groups is 1. The van der Waals surface area contributed by atoms with Gasteiger partial charge in [-0.1, -0.05) is 78.9 Å². The lowest BCUT2D eigenvalue weighted by molar-refractivity contribution is 0.140. The predicted molar refractivity (Wildman–Crippen MR) is 142 cm³/mol. The Morgan fingerprint density at radius 3 is 2.08 bits per heavy atom. The van der Waals surface area contributed by atoms with Crippen LogP contribution in [0.2, 0.25) is 0 Å². The number of hydrogen-bond acceptors (Lipinski definition) is 3. The van der Waals surface area contributed by atoms with Gasteiger partial charge >= 0.3 is 6.09 Å². The highest BCUT2D eigenvalue weighted by molar-refractivity contribution is 5.79. The molecule has 1 N–H and O–H groups in total. The Hall–Kier alpha value is -4.05. The minimum Gasteiger partial charge on any atom is -0.494 e. The van der Waals surface area contributed by atoms with Crippen molar-refractivity contribution in [3.8, 4) is 16.9 Å². The molecule has 4 aromatic carbocycles. The summed E-state index contributed by atoms with van der Waals surface area (Å²) in [5.74, 6) is 0.844. The number of carbonyl (C=O) groups excluding carboxylic acids is 1. The third kappa shape index (κ3) is 4.03. The zero-order valence-corrected chi connectivity index (χ0v) is 20.4. The van der Waals surface area contributed by atoms with Gasteiger partial charge in [0.15, 0.2) is 0 Å². The molecule has 2 aliphatic rings. The molecule has 0 fully saturated rings. The molecule has 180 valence electrons. The van der Waals surface area contributed by atoms with E-state index >= 15 is 0 Å². The third-order valence-electron chi connectivity index (χ3n) is 7.37. The Labute approximate surface area is 211 Å². The van der Waals surface area contributed by atoms with Gasteiger partial charge in [-0.05, 0) is 76.4 Å². The van der Waals surface area contributed by atoms with Gasteiger partial charge in [0, 0.05) is 5.92 Å². The number of alkyl carbamates (subject to hydrolysis) is 1. The van der Waals surface area contributed by atoms with Crippen LogP contribution in [0.15, 0.2) is 91.0 Å². The molecule has 0 bridgehead atoms. The van der Waals surface area contributed by atoms with Crippen molar-refractivity contribution in [1.29, 1.82) is 0 Å². The molecule has 1 amide bonds. The van der Waals surface area contributed by atoms with Gasteiger partial charge in [-0.3, -0.25) is 0 Å². The zero-order valence-electron chi connectivity index (χ0n) is 20.4. The second-order valence-corrected chi connectivity index (χ2v) is 9.40. The maximum atomic E-state index is 13.3. The van der Waals surface area contributed by atoms with E-state index in [0.717, 1.165) is 29.7 Å². The van der Waals surface area contributed by atoms with Crippen molar-refractivity contribution in [2.75, 3.05) is 13.2 Å². The van der Waals surface area contributed by atoms with Crippen molar-refractivity contribution in [2.24, 2.45) is 0 Å². The molecule has 4 nitrogen and oxygen atoms in total. The van der Waals surface area contributed by atoms with Gasteiger partial charge in [-0.15, -0.1) is 0 Å². The first-order valence-electron chi connectivity index (χ1n) is 12.7. The van der Waals surface area contributed by atoms with E-state index in [1.54, 1.807) is 0 Å². The smallest absolute Gasteiger partial charge is 0.407 e. The van der Waals surface area contributed by atoms with Crippen molar-refractivity contribution in [2.45, 2.75) is 31.7 Å². The van der Waals surface area contributed by atoms with E-state index in [4.69, 9.17) is 9.47 Å². The Balaban J connectivity index is 1.27. The number of rotatable bonds is 5. The topological polar surface area (TPSA) is 47.6 Å². The summed E-state index contributed by atoms with van der Waals surface area (Å²) in [4.78, 5) is 13.3. The van der Waals surface area contributed by atoms with E-state index in [0.29, 0.717) is 13.2 Å². The first kappa shape index (κ1) is 22.4. The summed E-state index contributed by atoms with van der Waals surface area (Å²) in [6.07, 6.45) is 1.44. The summed E-state index contributed by atoms with van der Waals surface area (Å²) in [6.45, 7) is 2.87. The number of aryl methyl sites for hydroxylation is 2. The Morgan fingerprint density at radius 2 is 1.39 bits per heavy atom. The van der Waals surface area contributed by atoms with Crippen LogP contribution in [-0.2, 0) is 17.6 Å². The summed E-state index contributed by atoms with van der Waals surface area (Å²) >= 11 is 0. The number of ether oxygens (including phenoxy) is 2. The summed E-state index contributed by atoms with van der Waals surface area (Å²) in [7, 11) is 0. The second kappa shape index (κ2) is 9.54. The average Bonchev–Trinajstić information content (AvgIpc) is 3.15. The predicted octanol–water partition coefficient (Wildman–Crippen LogP) is 6.81. The minimum absolute atomic E-state index is 0.0291. The van der Waals surface area contributed by atoms with Gasteiger partial charge < -0.3 is 14.8 Å². The van der Waals surface area contributed by atoms with E-state index in [-0.39, 0.29) is 12.0 Å². The fourth-order valence-corrected chi connectivity index (χ4v) is 5.72. The van der Waals surface area contributed by atoms with Crippen molar-refractivity contribution >= 4 is 6.09 Å². The Bertz CT molecular complexity index is 1380. The highest BCUT2D eigenvalue weighted by Gasteiger charge is 2.30. The van der Waals surface area contributed by atoms with E-state index in [1.165, 1.54) is 33.4 Å². The van der Waals surface area contributed by atoms with Crippen LogP contribution >= 0.6 is 0 Å². The van der Waals surface area contributed by atoms with Crippen LogP contribution in [0.4, 0.5) is 4.79 Å². The maximum absolute atomic E-state index is 13.3. The van der Waals surface area contributed by atoms with Crippen molar-refractivity contribution < 1.29 is 14.3 Å². The zero-order chi connectivity index (χ0) is 24.5. The number of amides is 1. The molecule has 0 aromatic heterocycles. The van der Waals surface area contributed by atoms with Gasteiger partial charge in [0.1, 0.15) is 12.4 Å². The van der Waals surface area contributed by atoms with E-state index < -0.39 is 6.09 Å². The maximum Gasteiger partial charge on any atom is 0.407 e. The number of fused-ring (bicyclic) bond motifs is 5. The van der Waals surface area contributed by atoms with Crippen LogP contribution in [0.25, 0.3) is 11.1 Å². The monoisotopic (exact) mass is 475 g/mol. The minimum atomic E-state index is -0.411. The summed E-state index contributed by atoms with van der Waals surface area (Å²) in [5.41, 5.74) is 9.50. The lowest BCUT2D eigenvalue weighted by Crippen LogP contribution is -2.31. The molecule has 0 aliphatic heterocycles. The SMILES string of the molecule is CCOc1ccc2c(c1)[C@H](NC(=O)OCC1c3ccccc3-c3ccccc31)c1ccccc1CC2. The molecule has 1 atom stereocenters. The Morgan fingerprint density at radius 1 is 0.778 bits per heavy atom. The molecule has 36 heavy (non-hydrogen) atoms. The summed E-state index contributed by atoms with van der Waals surface area (Å²) in [6, 6.07) is 31.0. The molecule has 0 radical (unpaired) electrons. The third-order valence-corrected chi connectivity index (χ3v) is 7.37. The molecule has 0 saturated carbocycles. The molecule has 0 unspecified atom stereocenters. The molecule has 0 spiro atoms. The lowest BCUT2D eigenvalue weighted by Gasteiger charge is -2.23. The van der Waals surface area contributed by atoms with Crippen molar-refractivity contribution in [3.05, 3.63) is 124 Å². The molecule has 0 saturated heterocycles. The molecule has 4 heteroatoms. The molecule has 4 aromatic rings. The van der Waals surface area contributed by atoms with Crippen LogP contribution in [0, 0.1) is 0 Å². The standard InChI is InChI=1S/C32H29NO3/c1-2-35-23-18-17-22-16-15-21-9-3-4-10-24(21)31(29(22)19-23)33-32(34)36-20-30-27-13-7-5-11-25(27)26-12-6-8-14-28(26)30/h3-14,17-19,30-31H,2,15-16,20H2,1H3,(H,33,34)/t31-/m1/s1. The van der Waals surface area contributed by atoms with Crippen LogP contribution in [0.3, 0.4) is 0 Å². The van der Waals surface area contributed by atoms with E-state index in [1.807, 2.05) is 31.2 Å². The summed E-state index contributed by atoms with van der Waals surface area (Å²) < 4.78 is 11.7. The summed E-state index contributed by atoms with van der Waals surface area (Å²) in [5, 5.41) is 3.20. The van der Waals surface area contributed by atoms with Crippen molar-refractivity contribution in [1.82, 2.24) is 5.32 Å². The average molecular weight is 476 g/mol. The van der Waals surface area contributed by atoms with E-state index in [2.05, 4.69) is 72.0 Å². The number of hydrogen-bond donors (Lipinski definition) is 1. The van der Waals surface area contributed by atoms with Crippen LogP contribution in [0.5, 0.6) is 5.75 Å². The van der Waals surface area contributed by atoms with Gasteiger partial charge in [0.05, 0.1) is 12.6 Å². The lowest BCUT2D eigenvalue weighted by atomic mass is 9.94. The first-order chi connectivity index (χ1) is 17.7. The number of benzene rings is 4. The largest absolute Gasteiger partial charge is 0.494 e. The van der Waals surface area contributed by atoms with Gasteiger partial charge in [0.25, 0.3) is 0 Å². The Kier molecular flexibility index (Phi) is 5.94. The van der Waals surface area contributed by atoms with Gasteiger partial charge in [-0.2, -0.15) is 0 Å². The van der Waals surface area contributed by atoms with Crippen LogP contribution in [-0.4, -0.2) is 19.3 Å². The van der Waals surface area contributed by atoms with Crippen LogP contribution < -0.4 is 10.1 Å². The quantitative estimate of drug-likeness (QED) is 0.345. The number of nitrogens with one attached hydrogen (secondary N) is 1. The molecule has 0 heterocycles. The van der Waals surface area contributed by atoms with E-state index in [9.17, 15) is 4.79 Å². The fraction of sp³-hybridized carbons (Fsp3) is 0.219. The normalized spacial score (nSPS) is 15.6. The van der Waals surface area contributed by atoms with Gasteiger partial charge in [0.2, 0.25) is 0 Å². The molecule has 6 rings (SSSR count).